The summed E-state index contributed by atoms with van der Waals surface area (Å²) in [7, 11) is 0. The van der Waals surface area contributed by atoms with Crippen LogP contribution in [0.15, 0.2) is 24.3 Å². The molecule has 0 aliphatic carbocycles. The molecule has 0 fully saturated rings. The van der Waals surface area contributed by atoms with E-state index in [-0.39, 0.29) is 25.2 Å². The molecule has 0 aromatic heterocycles. The molecular weight excluding hydrogens is 298 g/mol. The molecule has 1 aromatic rings. The van der Waals surface area contributed by atoms with Gasteiger partial charge in [-0.05, 0) is 36.6 Å². The summed E-state index contributed by atoms with van der Waals surface area (Å²) < 4.78 is 15.5. The SMILES string of the molecule is CCOC(=O)[C@@H](NC(=O)/C=C/c1ccc2c(c1)OCO2)C(C)C. The van der Waals surface area contributed by atoms with Gasteiger partial charge in [0.2, 0.25) is 12.7 Å². The molecule has 2 rings (SSSR count). The lowest BCUT2D eigenvalue weighted by Gasteiger charge is -2.19. The van der Waals surface area contributed by atoms with Gasteiger partial charge in [0.15, 0.2) is 11.5 Å². The summed E-state index contributed by atoms with van der Waals surface area (Å²) in [6.07, 6.45) is 3.03. The van der Waals surface area contributed by atoms with Crippen LogP contribution in [0.1, 0.15) is 26.3 Å². The van der Waals surface area contributed by atoms with E-state index in [9.17, 15) is 9.59 Å². The monoisotopic (exact) mass is 319 g/mol. The summed E-state index contributed by atoms with van der Waals surface area (Å²) in [6, 6.07) is 4.74. The van der Waals surface area contributed by atoms with E-state index in [1.165, 1.54) is 6.08 Å². The number of ether oxygens (including phenoxy) is 3. The summed E-state index contributed by atoms with van der Waals surface area (Å²) >= 11 is 0. The molecule has 1 atom stereocenters. The topological polar surface area (TPSA) is 73.9 Å². The Kier molecular flexibility index (Phi) is 5.62. The fourth-order valence-corrected chi connectivity index (χ4v) is 2.12. The first kappa shape index (κ1) is 16.9. The van der Waals surface area contributed by atoms with Crippen molar-refractivity contribution in [2.75, 3.05) is 13.4 Å². The molecule has 124 valence electrons. The minimum atomic E-state index is -0.663. The molecule has 6 heteroatoms. The molecule has 1 N–H and O–H groups in total. The number of hydrogen-bond donors (Lipinski definition) is 1. The minimum Gasteiger partial charge on any atom is -0.464 e. The van der Waals surface area contributed by atoms with E-state index >= 15 is 0 Å². The maximum absolute atomic E-state index is 12.0. The number of carbonyl (C=O) groups is 2. The number of fused-ring (bicyclic) bond motifs is 1. The Morgan fingerprint density at radius 3 is 2.74 bits per heavy atom. The van der Waals surface area contributed by atoms with Crippen molar-refractivity contribution in [2.45, 2.75) is 26.8 Å². The molecule has 6 nitrogen and oxygen atoms in total. The fourth-order valence-electron chi connectivity index (χ4n) is 2.12. The number of rotatable bonds is 6. The summed E-state index contributed by atoms with van der Waals surface area (Å²) in [5.41, 5.74) is 0.807. The maximum atomic E-state index is 12.0. The van der Waals surface area contributed by atoms with E-state index in [0.29, 0.717) is 11.5 Å². The van der Waals surface area contributed by atoms with E-state index in [2.05, 4.69) is 5.32 Å². The van der Waals surface area contributed by atoms with Crippen molar-refractivity contribution in [3.05, 3.63) is 29.8 Å². The van der Waals surface area contributed by atoms with Gasteiger partial charge in [0.1, 0.15) is 6.04 Å². The highest BCUT2D eigenvalue weighted by molar-refractivity contribution is 5.94. The Morgan fingerprint density at radius 1 is 1.30 bits per heavy atom. The fraction of sp³-hybridized carbons (Fsp3) is 0.412. The van der Waals surface area contributed by atoms with Gasteiger partial charge in [-0.3, -0.25) is 4.79 Å². The van der Waals surface area contributed by atoms with Crippen LogP contribution < -0.4 is 14.8 Å². The second-order valence-electron chi connectivity index (χ2n) is 5.43. The first-order valence-corrected chi connectivity index (χ1v) is 7.56. The molecule has 1 amide bonds. The third-order valence-electron chi connectivity index (χ3n) is 3.33. The number of nitrogens with one attached hydrogen (secondary N) is 1. The predicted octanol–water partition coefficient (Wildman–Crippen LogP) is 2.13. The van der Waals surface area contributed by atoms with Crippen LogP contribution in [0.4, 0.5) is 0 Å². The molecule has 0 radical (unpaired) electrons. The van der Waals surface area contributed by atoms with Crippen LogP contribution >= 0.6 is 0 Å². The summed E-state index contributed by atoms with van der Waals surface area (Å²) in [4.78, 5) is 23.8. The van der Waals surface area contributed by atoms with Crippen LogP contribution in [0.2, 0.25) is 0 Å². The van der Waals surface area contributed by atoms with Gasteiger partial charge in [0, 0.05) is 6.08 Å². The van der Waals surface area contributed by atoms with Crippen LogP contribution in [0.3, 0.4) is 0 Å². The van der Waals surface area contributed by atoms with Crippen molar-refractivity contribution in [2.24, 2.45) is 5.92 Å². The van der Waals surface area contributed by atoms with Crippen LogP contribution in [0.25, 0.3) is 6.08 Å². The Labute approximate surface area is 135 Å². The van der Waals surface area contributed by atoms with Crippen LogP contribution in [-0.2, 0) is 14.3 Å². The van der Waals surface area contributed by atoms with Crippen LogP contribution in [-0.4, -0.2) is 31.3 Å². The Bertz CT molecular complexity index is 609. The Balaban J connectivity index is 1.98. The number of esters is 1. The number of benzene rings is 1. The molecular formula is C17H21NO5. The third kappa shape index (κ3) is 4.48. The highest BCUT2D eigenvalue weighted by Crippen LogP contribution is 2.32. The van der Waals surface area contributed by atoms with Gasteiger partial charge >= 0.3 is 5.97 Å². The molecule has 23 heavy (non-hydrogen) atoms. The van der Waals surface area contributed by atoms with Crippen molar-refractivity contribution in [3.63, 3.8) is 0 Å². The largest absolute Gasteiger partial charge is 0.464 e. The van der Waals surface area contributed by atoms with E-state index in [1.807, 2.05) is 19.9 Å². The van der Waals surface area contributed by atoms with Crippen molar-refractivity contribution in [1.82, 2.24) is 5.32 Å². The zero-order valence-corrected chi connectivity index (χ0v) is 13.5. The zero-order valence-electron chi connectivity index (χ0n) is 13.5. The number of carbonyl (C=O) groups excluding carboxylic acids is 2. The lowest BCUT2D eigenvalue weighted by Crippen LogP contribution is -2.44. The summed E-state index contributed by atoms with van der Waals surface area (Å²) in [5.74, 6) is 0.506. The van der Waals surface area contributed by atoms with Crippen molar-refractivity contribution in [1.29, 1.82) is 0 Å². The second kappa shape index (κ2) is 7.67. The second-order valence-corrected chi connectivity index (χ2v) is 5.43. The van der Waals surface area contributed by atoms with E-state index < -0.39 is 12.0 Å². The first-order chi connectivity index (χ1) is 11.0. The molecule has 0 saturated heterocycles. The highest BCUT2D eigenvalue weighted by Gasteiger charge is 2.24. The van der Waals surface area contributed by atoms with E-state index in [4.69, 9.17) is 14.2 Å². The summed E-state index contributed by atoms with van der Waals surface area (Å²) in [5, 5.41) is 2.67. The van der Waals surface area contributed by atoms with Gasteiger partial charge in [0.25, 0.3) is 0 Å². The van der Waals surface area contributed by atoms with Crippen molar-refractivity contribution >= 4 is 18.0 Å². The summed E-state index contributed by atoms with van der Waals surface area (Å²) in [6.45, 7) is 5.92. The average Bonchev–Trinajstić information content (AvgIpc) is 2.98. The quantitative estimate of drug-likeness (QED) is 0.642. The van der Waals surface area contributed by atoms with Gasteiger partial charge in [-0.25, -0.2) is 4.79 Å². The number of hydrogen-bond acceptors (Lipinski definition) is 5. The lowest BCUT2D eigenvalue weighted by molar-refractivity contribution is -0.148. The standard InChI is InChI=1S/C17H21NO5/c1-4-21-17(20)16(11(2)3)18-15(19)8-6-12-5-7-13-14(9-12)23-10-22-13/h5-9,11,16H,4,10H2,1-3H3,(H,18,19)/b8-6+/t16-/m0/s1. The van der Waals surface area contributed by atoms with Gasteiger partial charge in [-0.2, -0.15) is 0 Å². The average molecular weight is 319 g/mol. The normalized spacial score (nSPS) is 14.1. The Hall–Kier alpha value is -2.50. The smallest absolute Gasteiger partial charge is 0.328 e. The molecule has 1 heterocycles. The molecule has 1 aliphatic heterocycles. The molecule has 0 saturated carbocycles. The zero-order chi connectivity index (χ0) is 16.8. The molecule has 0 bridgehead atoms. The van der Waals surface area contributed by atoms with Gasteiger partial charge < -0.3 is 19.5 Å². The van der Waals surface area contributed by atoms with Crippen LogP contribution in [0, 0.1) is 5.92 Å². The van der Waals surface area contributed by atoms with Crippen molar-refractivity contribution < 1.29 is 23.8 Å². The van der Waals surface area contributed by atoms with Gasteiger partial charge in [-0.1, -0.05) is 19.9 Å². The van der Waals surface area contributed by atoms with E-state index in [1.54, 1.807) is 25.1 Å². The molecule has 0 unspecified atom stereocenters. The molecule has 1 aromatic carbocycles. The highest BCUT2D eigenvalue weighted by atomic mass is 16.7. The number of amides is 1. The van der Waals surface area contributed by atoms with Crippen LogP contribution in [0.5, 0.6) is 11.5 Å². The minimum absolute atomic E-state index is 0.0584. The molecule has 1 aliphatic rings. The van der Waals surface area contributed by atoms with E-state index in [0.717, 1.165) is 5.56 Å². The first-order valence-electron chi connectivity index (χ1n) is 7.56. The van der Waals surface area contributed by atoms with Crippen molar-refractivity contribution in [3.8, 4) is 11.5 Å². The third-order valence-corrected chi connectivity index (χ3v) is 3.33. The predicted molar refractivity (Wildman–Crippen MR) is 85.0 cm³/mol. The maximum Gasteiger partial charge on any atom is 0.328 e. The van der Waals surface area contributed by atoms with Gasteiger partial charge in [0.05, 0.1) is 6.61 Å². The molecule has 0 spiro atoms. The lowest BCUT2D eigenvalue weighted by atomic mass is 10.0. The van der Waals surface area contributed by atoms with Gasteiger partial charge in [-0.15, -0.1) is 0 Å². The Morgan fingerprint density at radius 2 is 2.04 bits per heavy atom.